The lowest BCUT2D eigenvalue weighted by Gasteiger charge is -2.41. The Kier molecular flexibility index (Phi) is 6.80. The molecule has 7 aliphatic heterocycles. The van der Waals surface area contributed by atoms with Crippen LogP contribution in [0.3, 0.4) is 0 Å². The van der Waals surface area contributed by atoms with Gasteiger partial charge < -0.3 is 23.8 Å². The van der Waals surface area contributed by atoms with Crippen LogP contribution in [0.1, 0.15) is 38.5 Å². The Hall–Kier alpha value is -2.82. The summed E-state index contributed by atoms with van der Waals surface area (Å²) in [6.45, 7) is 11.2. The van der Waals surface area contributed by atoms with Crippen molar-refractivity contribution >= 4 is 29.1 Å². The summed E-state index contributed by atoms with van der Waals surface area (Å²) in [4.78, 5) is 15.0. The molecular formula is C31H40N8OS. The van der Waals surface area contributed by atoms with E-state index in [2.05, 4.69) is 58.8 Å². The van der Waals surface area contributed by atoms with Crippen molar-refractivity contribution in [1.82, 2.24) is 25.0 Å². The number of nitrogens with zero attached hydrogens (tertiary/aromatic N) is 7. The maximum atomic E-state index is 6.39. The molecule has 2 aromatic heterocycles. The van der Waals surface area contributed by atoms with Gasteiger partial charge in [-0.15, -0.1) is 10.2 Å². The fourth-order valence-corrected chi connectivity index (χ4v) is 7.92. The zero-order valence-electron chi connectivity index (χ0n) is 23.8. The standard InChI is InChI=1S/C31H40N8OS/c1-11-36-16-18-39(19-17-36)28-20-23(6-10-32-28)29-33-34-30(40-29)26-5-2-24(35-41-25-3-4-25)21-27(26)38-14-8-31(9-15-38)7-13-37(12-1)22-31/h2,5-6,10,20-21,25,35H,1,3-4,7-9,11-19,22H2. The van der Waals surface area contributed by atoms with Gasteiger partial charge in [0.25, 0.3) is 0 Å². The third-order valence-electron chi connectivity index (χ3n) is 9.84. The lowest BCUT2D eigenvalue weighted by molar-refractivity contribution is 0.197. The molecule has 9 heterocycles. The molecule has 1 spiro atoms. The van der Waals surface area contributed by atoms with Crippen molar-refractivity contribution in [3.05, 3.63) is 36.5 Å². The molecule has 0 radical (unpaired) electrons. The average molecular weight is 573 g/mol. The van der Waals surface area contributed by atoms with Gasteiger partial charge in [0.2, 0.25) is 11.8 Å². The molecule has 1 aliphatic carbocycles. The largest absolute Gasteiger partial charge is 0.416 e. The van der Waals surface area contributed by atoms with Gasteiger partial charge in [0.15, 0.2) is 0 Å². The Bertz CT molecular complexity index is 1380. The van der Waals surface area contributed by atoms with Gasteiger partial charge in [-0.1, -0.05) is 0 Å². The molecule has 1 atom stereocenters. The van der Waals surface area contributed by atoms with Crippen molar-refractivity contribution in [3.63, 3.8) is 0 Å². The molecule has 8 aliphatic rings. The number of anilines is 3. The maximum Gasteiger partial charge on any atom is 0.250 e. The van der Waals surface area contributed by atoms with E-state index in [-0.39, 0.29) is 0 Å². The summed E-state index contributed by atoms with van der Waals surface area (Å²) in [5, 5.41) is 9.82. The number of piperazine rings is 1. The highest BCUT2D eigenvalue weighted by Crippen LogP contribution is 2.44. The molecule has 9 nitrogen and oxygen atoms in total. The number of hydrogen-bond donors (Lipinski definition) is 1. The fourth-order valence-electron chi connectivity index (χ4n) is 7.12. The minimum Gasteiger partial charge on any atom is -0.416 e. The minimum atomic E-state index is 0.466. The van der Waals surface area contributed by atoms with Gasteiger partial charge in [-0.2, -0.15) is 0 Å². The molecule has 0 amide bonds. The van der Waals surface area contributed by atoms with Gasteiger partial charge >= 0.3 is 0 Å². The second kappa shape index (κ2) is 10.8. The molecule has 3 saturated heterocycles. The Balaban J connectivity index is 1.13. The van der Waals surface area contributed by atoms with Crippen LogP contribution in [0.2, 0.25) is 0 Å². The molecule has 1 aromatic carbocycles. The first-order chi connectivity index (χ1) is 20.2. The number of benzene rings is 1. The van der Waals surface area contributed by atoms with E-state index < -0.39 is 0 Å². The smallest absolute Gasteiger partial charge is 0.250 e. The van der Waals surface area contributed by atoms with Crippen molar-refractivity contribution in [2.45, 2.75) is 43.8 Å². The van der Waals surface area contributed by atoms with Crippen LogP contribution in [0, 0.1) is 5.41 Å². The normalized spacial score (nSPS) is 27.9. The summed E-state index contributed by atoms with van der Waals surface area (Å²) in [5.41, 5.74) is 4.76. The lowest BCUT2D eigenvalue weighted by Crippen LogP contribution is -2.47. The Morgan fingerprint density at radius 2 is 1.61 bits per heavy atom. The minimum absolute atomic E-state index is 0.466. The third-order valence-corrected chi connectivity index (χ3v) is 11.0. The average Bonchev–Trinajstić information content (AvgIpc) is 3.57. The number of rotatable bonds is 3. The van der Waals surface area contributed by atoms with E-state index >= 15 is 0 Å². The SMILES string of the molecule is c1cc2cc(n1)N1CCN(CCCN3CCC4(CCN(CC4)c4cc(NSC5CC5)ccc4-c4nnc-2o4)C3)CC1. The van der Waals surface area contributed by atoms with Gasteiger partial charge in [-0.05, 0) is 106 Å². The second-order valence-electron chi connectivity index (χ2n) is 12.7. The summed E-state index contributed by atoms with van der Waals surface area (Å²) in [7, 11) is 0. The van der Waals surface area contributed by atoms with Gasteiger partial charge in [0.05, 0.1) is 11.3 Å². The van der Waals surface area contributed by atoms with E-state index in [4.69, 9.17) is 9.40 Å². The molecule has 10 heteroatoms. The van der Waals surface area contributed by atoms with Crippen LogP contribution in [0.4, 0.5) is 17.2 Å². The Morgan fingerprint density at radius 1 is 0.805 bits per heavy atom. The predicted molar refractivity (Wildman–Crippen MR) is 165 cm³/mol. The lowest BCUT2D eigenvalue weighted by atomic mass is 9.77. The zero-order chi connectivity index (χ0) is 27.2. The summed E-state index contributed by atoms with van der Waals surface area (Å²) >= 11 is 1.85. The van der Waals surface area contributed by atoms with Crippen LogP contribution in [0.5, 0.6) is 0 Å². The molecule has 41 heavy (non-hydrogen) atoms. The van der Waals surface area contributed by atoms with Gasteiger partial charge in [-0.25, -0.2) is 4.98 Å². The van der Waals surface area contributed by atoms with Gasteiger partial charge in [0, 0.05) is 68.5 Å². The first-order valence-corrected chi connectivity index (χ1v) is 16.4. The Morgan fingerprint density at radius 3 is 2.46 bits per heavy atom. The van der Waals surface area contributed by atoms with Crippen LogP contribution < -0.4 is 14.5 Å². The van der Waals surface area contributed by atoms with E-state index in [1.807, 2.05) is 24.2 Å². The van der Waals surface area contributed by atoms with Gasteiger partial charge in [0.1, 0.15) is 5.82 Å². The fraction of sp³-hybridized carbons (Fsp3) is 0.581. The number of nitrogens with one attached hydrogen (secondary N) is 1. The Labute approximate surface area is 246 Å². The van der Waals surface area contributed by atoms with Crippen LogP contribution >= 0.6 is 11.9 Å². The molecule has 9 bridgehead atoms. The van der Waals surface area contributed by atoms with E-state index in [1.54, 1.807) is 0 Å². The molecule has 11 rings (SSSR count). The van der Waals surface area contributed by atoms with Crippen molar-refractivity contribution in [2.75, 3.05) is 80.0 Å². The molecular weight excluding hydrogens is 532 g/mol. The number of pyridine rings is 1. The van der Waals surface area contributed by atoms with Crippen molar-refractivity contribution in [3.8, 4) is 22.9 Å². The van der Waals surface area contributed by atoms with Crippen LogP contribution in [-0.2, 0) is 0 Å². The zero-order valence-corrected chi connectivity index (χ0v) is 24.6. The highest BCUT2D eigenvalue weighted by molar-refractivity contribution is 8.01. The summed E-state index contributed by atoms with van der Waals surface area (Å²) in [6.07, 6.45) is 9.58. The molecule has 1 unspecified atom stereocenters. The summed E-state index contributed by atoms with van der Waals surface area (Å²) in [6, 6.07) is 10.7. The third kappa shape index (κ3) is 5.42. The summed E-state index contributed by atoms with van der Waals surface area (Å²) < 4.78 is 10.00. The quantitative estimate of drug-likeness (QED) is 0.441. The van der Waals surface area contributed by atoms with Crippen LogP contribution in [-0.4, -0.2) is 95.7 Å². The van der Waals surface area contributed by atoms with E-state index in [0.717, 1.165) is 67.2 Å². The van der Waals surface area contributed by atoms with E-state index in [9.17, 15) is 0 Å². The molecule has 1 saturated carbocycles. The van der Waals surface area contributed by atoms with Crippen molar-refractivity contribution in [2.24, 2.45) is 5.41 Å². The molecule has 4 fully saturated rings. The van der Waals surface area contributed by atoms with Crippen LogP contribution in [0.25, 0.3) is 22.9 Å². The predicted octanol–water partition coefficient (Wildman–Crippen LogP) is 4.84. The number of hydrogen-bond acceptors (Lipinski definition) is 10. The first-order valence-electron chi connectivity index (χ1n) is 15.5. The van der Waals surface area contributed by atoms with E-state index in [1.165, 1.54) is 70.4 Å². The first kappa shape index (κ1) is 25.9. The van der Waals surface area contributed by atoms with Crippen molar-refractivity contribution < 1.29 is 4.42 Å². The molecule has 1 N–H and O–H groups in total. The van der Waals surface area contributed by atoms with Gasteiger partial charge in [-0.3, -0.25) is 4.90 Å². The van der Waals surface area contributed by atoms with Crippen molar-refractivity contribution in [1.29, 1.82) is 0 Å². The highest BCUT2D eigenvalue weighted by Gasteiger charge is 2.41. The highest BCUT2D eigenvalue weighted by atomic mass is 32.2. The molecule has 216 valence electrons. The monoisotopic (exact) mass is 572 g/mol. The summed E-state index contributed by atoms with van der Waals surface area (Å²) in [5.74, 6) is 2.12. The topological polar surface area (TPSA) is 76.8 Å². The van der Waals surface area contributed by atoms with Crippen LogP contribution in [0.15, 0.2) is 40.9 Å². The number of piperidine rings is 1. The van der Waals surface area contributed by atoms with E-state index in [0.29, 0.717) is 17.2 Å². The maximum absolute atomic E-state index is 6.39. The number of aromatic nitrogens is 3. The second-order valence-corrected chi connectivity index (χ2v) is 13.8. The molecule has 3 aromatic rings.